The minimum Gasteiger partial charge on any atom is -0.487 e. The van der Waals surface area contributed by atoms with Gasteiger partial charge in [0.15, 0.2) is 6.79 Å². The molecule has 0 fully saturated rings. The molecule has 6 nitrogen and oxygen atoms in total. The van der Waals surface area contributed by atoms with Crippen molar-refractivity contribution >= 4 is 5.97 Å². The molecule has 0 spiro atoms. The van der Waals surface area contributed by atoms with Crippen LogP contribution < -0.4 is 9.47 Å². The van der Waals surface area contributed by atoms with Crippen LogP contribution in [0.3, 0.4) is 0 Å². The molecule has 1 aromatic carbocycles. The van der Waals surface area contributed by atoms with Gasteiger partial charge in [-0.15, -0.1) is 0 Å². The van der Waals surface area contributed by atoms with E-state index in [1.54, 1.807) is 14.0 Å². The molecule has 0 saturated heterocycles. The normalized spacial score (nSPS) is 18.4. The van der Waals surface area contributed by atoms with Crippen molar-refractivity contribution in [3.8, 4) is 11.5 Å². The summed E-state index contributed by atoms with van der Waals surface area (Å²) in [6.07, 6.45) is 5.41. The number of hydrogen-bond acceptors (Lipinski definition) is 6. The van der Waals surface area contributed by atoms with Gasteiger partial charge < -0.3 is 23.7 Å². The van der Waals surface area contributed by atoms with E-state index in [0.717, 1.165) is 53.9 Å². The summed E-state index contributed by atoms with van der Waals surface area (Å²) in [7, 11) is 1.65. The number of rotatable bonds is 11. The topological polar surface area (TPSA) is 63.2 Å². The maximum absolute atomic E-state index is 11.8. The summed E-state index contributed by atoms with van der Waals surface area (Å²) in [5, 5.41) is 0. The van der Waals surface area contributed by atoms with Gasteiger partial charge >= 0.3 is 5.97 Å². The lowest BCUT2D eigenvalue weighted by Gasteiger charge is -2.38. The second kappa shape index (κ2) is 11.5. The van der Waals surface area contributed by atoms with Gasteiger partial charge in [-0.3, -0.25) is 0 Å². The van der Waals surface area contributed by atoms with Crippen LogP contribution in [0.15, 0.2) is 11.6 Å². The zero-order chi connectivity index (χ0) is 23.0. The van der Waals surface area contributed by atoms with E-state index in [2.05, 4.69) is 27.7 Å². The Balaban J connectivity index is 2.10. The van der Waals surface area contributed by atoms with Crippen molar-refractivity contribution in [3.63, 3.8) is 0 Å². The minimum absolute atomic E-state index is 0.202. The van der Waals surface area contributed by atoms with E-state index >= 15 is 0 Å². The van der Waals surface area contributed by atoms with Crippen LogP contribution in [0.5, 0.6) is 11.5 Å². The van der Waals surface area contributed by atoms with Crippen LogP contribution in [0.1, 0.15) is 62.3 Å². The Labute approximate surface area is 186 Å². The molecule has 0 aromatic heterocycles. The molecule has 0 bridgehead atoms. The fourth-order valence-electron chi connectivity index (χ4n) is 3.90. The number of carbonyl (C=O) groups is 1. The van der Waals surface area contributed by atoms with Crippen molar-refractivity contribution in [3.05, 3.63) is 33.9 Å². The average Bonchev–Trinajstić information content (AvgIpc) is 2.74. The molecule has 174 valence electrons. The average molecular weight is 435 g/mol. The quantitative estimate of drug-likeness (QED) is 0.212. The first-order valence-corrected chi connectivity index (χ1v) is 11.1. The highest BCUT2D eigenvalue weighted by atomic mass is 16.7. The Bertz CT molecular complexity index is 798. The highest BCUT2D eigenvalue weighted by molar-refractivity contribution is 5.87. The Kier molecular flexibility index (Phi) is 9.38. The molecule has 0 aliphatic carbocycles. The Morgan fingerprint density at radius 1 is 1.16 bits per heavy atom. The summed E-state index contributed by atoms with van der Waals surface area (Å²) >= 11 is 0. The lowest BCUT2D eigenvalue weighted by molar-refractivity contribution is -0.138. The molecule has 1 unspecified atom stereocenters. The van der Waals surface area contributed by atoms with E-state index < -0.39 is 0 Å². The number of allylic oxidation sites excluding steroid dienone is 1. The Morgan fingerprint density at radius 3 is 2.58 bits per heavy atom. The maximum Gasteiger partial charge on any atom is 0.333 e. The summed E-state index contributed by atoms with van der Waals surface area (Å²) in [6.45, 7) is 13.7. The summed E-state index contributed by atoms with van der Waals surface area (Å²) in [5.41, 5.74) is 4.90. The van der Waals surface area contributed by atoms with Crippen LogP contribution in [0.25, 0.3) is 0 Å². The number of esters is 1. The van der Waals surface area contributed by atoms with Gasteiger partial charge in [-0.05, 0) is 83.9 Å². The first-order valence-electron chi connectivity index (χ1n) is 11.1. The summed E-state index contributed by atoms with van der Waals surface area (Å²) < 4.78 is 28.1. The predicted octanol–water partition coefficient (Wildman–Crippen LogP) is 4.98. The van der Waals surface area contributed by atoms with Crippen LogP contribution in [0.2, 0.25) is 0 Å². The molecule has 31 heavy (non-hydrogen) atoms. The van der Waals surface area contributed by atoms with Crippen LogP contribution in [-0.2, 0) is 25.4 Å². The smallest absolute Gasteiger partial charge is 0.333 e. The van der Waals surface area contributed by atoms with Crippen LogP contribution in [-0.4, -0.2) is 45.3 Å². The highest BCUT2D eigenvalue weighted by Gasteiger charge is 2.34. The van der Waals surface area contributed by atoms with Crippen molar-refractivity contribution in [1.29, 1.82) is 0 Å². The number of benzene rings is 1. The minimum atomic E-state index is -0.270. The fraction of sp³-hybridized carbons (Fsp3) is 0.640. The van der Waals surface area contributed by atoms with Crippen LogP contribution >= 0.6 is 0 Å². The summed E-state index contributed by atoms with van der Waals surface area (Å²) in [6, 6.07) is 0. The number of fused-ring (bicyclic) bond motifs is 1. The number of hydrogen-bond donors (Lipinski definition) is 0. The van der Waals surface area contributed by atoms with Gasteiger partial charge in [0.25, 0.3) is 0 Å². The number of carbonyl (C=O) groups excluding carboxylic acids is 1. The molecule has 6 heteroatoms. The molecule has 1 aliphatic heterocycles. The molecular weight excluding hydrogens is 396 g/mol. The van der Waals surface area contributed by atoms with E-state index in [-0.39, 0.29) is 18.4 Å². The van der Waals surface area contributed by atoms with Gasteiger partial charge in [-0.25, -0.2) is 4.79 Å². The van der Waals surface area contributed by atoms with Crippen molar-refractivity contribution in [2.45, 2.75) is 72.8 Å². The molecule has 0 saturated carbocycles. The van der Waals surface area contributed by atoms with Crippen molar-refractivity contribution in [1.82, 2.24) is 0 Å². The van der Waals surface area contributed by atoms with E-state index in [0.29, 0.717) is 25.4 Å². The second-order valence-electron chi connectivity index (χ2n) is 8.37. The fourth-order valence-corrected chi connectivity index (χ4v) is 3.90. The Morgan fingerprint density at radius 2 is 1.90 bits per heavy atom. The molecular formula is C25H38O6. The van der Waals surface area contributed by atoms with Gasteiger partial charge in [0.2, 0.25) is 0 Å². The molecule has 0 amide bonds. The first kappa shape index (κ1) is 25.2. The molecule has 1 atom stereocenters. The number of ether oxygens (including phenoxy) is 5. The van der Waals surface area contributed by atoms with Crippen molar-refractivity contribution in [2.75, 3.05) is 33.7 Å². The highest BCUT2D eigenvalue weighted by Crippen LogP contribution is 2.44. The SMILES string of the molecule is CCOC(=O)/C(C)=C/CCC1(C)CCc2c(C)c(OCOCCOC)c(C)c(C)c2O1. The monoisotopic (exact) mass is 434 g/mol. The maximum atomic E-state index is 11.8. The largest absolute Gasteiger partial charge is 0.487 e. The van der Waals surface area contributed by atoms with Gasteiger partial charge in [0.05, 0.1) is 19.8 Å². The van der Waals surface area contributed by atoms with E-state index in [4.69, 9.17) is 23.7 Å². The van der Waals surface area contributed by atoms with Gasteiger partial charge in [0.1, 0.15) is 17.1 Å². The van der Waals surface area contributed by atoms with E-state index in [9.17, 15) is 4.79 Å². The molecule has 0 radical (unpaired) electrons. The third-order valence-electron chi connectivity index (χ3n) is 6.00. The molecule has 1 aromatic rings. The Hall–Kier alpha value is -2.05. The van der Waals surface area contributed by atoms with Crippen LogP contribution in [0.4, 0.5) is 0 Å². The molecule has 1 heterocycles. The third kappa shape index (κ3) is 6.47. The van der Waals surface area contributed by atoms with Crippen molar-refractivity contribution in [2.24, 2.45) is 0 Å². The third-order valence-corrected chi connectivity index (χ3v) is 6.00. The van der Waals surface area contributed by atoms with E-state index in [1.165, 1.54) is 5.56 Å². The van der Waals surface area contributed by atoms with Gasteiger partial charge in [0, 0.05) is 18.2 Å². The van der Waals surface area contributed by atoms with Gasteiger partial charge in [-0.2, -0.15) is 0 Å². The summed E-state index contributed by atoms with van der Waals surface area (Å²) in [4.78, 5) is 11.8. The first-order chi connectivity index (χ1) is 14.7. The van der Waals surface area contributed by atoms with E-state index in [1.807, 2.05) is 13.0 Å². The van der Waals surface area contributed by atoms with Crippen molar-refractivity contribution < 1.29 is 28.5 Å². The summed E-state index contributed by atoms with van der Waals surface area (Å²) in [5.74, 6) is 1.61. The lowest BCUT2D eigenvalue weighted by Crippen LogP contribution is -2.37. The van der Waals surface area contributed by atoms with Gasteiger partial charge in [-0.1, -0.05) is 6.08 Å². The molecule has 2 rings (SSSR count). The number of methoxy groups -OCH3 is 1. The standard InChI is InChI=1S/C25H38O6/c1-8-29-24(26)17(2)10-9-12-25(6)13-11-21-20(5)22(30-16-28-15-14-27-7)18(3)19(4)23(21)31-25/h10H,8-9,11-16H2,1-7H3/b17-10+. The lowest BCUT2D eigenvalue weighted by atomic mass is 9.85. The molecule has 0 N–H and O–H groups in total. The second-order valence-corrected chi connectivity index (χ2v) is 8.37. The predicted molar refractivity (Wildman–Crippen MR) is 121 cm³/mol. The molecule has 1 aliphatic rings. The zero-order valence-corrected chi connectivity index (χ0v) is 20.2. The zero-order valence-electron chi connectivity index (χ0n) is 20.2. The van der Waals surface area contributed by atoms with Crippen LogP contribution in [0, 0.1) is 20.8 Å².